The predicted octanol–water partition coefficient (Wildman–Crippen LogP) is 3.51. The fraction of sp³-hybridized carbons (Fsp3) is 0.333. The molecule has 1 amide bonds. The first-order valence-corrected chi connectivity index (χ1v) is 7.60. The average molecular weight is 370 g/mol. The van der Waals surface area contributed by atoms with Gasteiger partial charge in [-0.05, 0) is 25.1 Å². The van der Waals surface area contributed by atoms with E-state index in [1.54, 1.807) is 0 Å². The van der Waals surface area contributed by atoms with Crippen molar-refractivity contribution in [2.24, 2.45) is 0 Å². The Kier molecular flexibility index (Phi) is 4.92. The molecule has 1 N–H and O–H groups in total. The summed E-state index contributed by atoms with van der Waals surface area (Å²) in [6.07, 6.45) is 1.03. The minimum Gasteiger partial charge on any atom is -0.493 e. The first-order valence-electron chi connectivity index (χ1n) is 6.43. The number of carbonyl (C=O) groups excluding carboxylic acids is 1. The lowest BCUT2D eigenvalue weighted by atomic mass is 9.89. The van der Waals surface area contributed by atoms with Crippen molar-refractivity contribution in [3.8, 4) is 11.8 Å². The van der Waals surface area contributed by atoms with E-state index in [-0.39, 0.29) is 5.57 Å². The molecule has 2 rings (SSSR count). The molecule has 0 spiro atoms. The van der Waals surface area contributed by atoms with Gasteiger partial charge >= 0.3 is 0 Å². The number of carbonyl (C=O) groups is 1. The van der Waals surface area contributed by atoms with E-state index in [2.05, 4.69) is 21.2 Å². The molecule has 0 aliphatic carbocycles. The maximum absolute atomic E-state index is 11.8. The number of nitriles is 1. The lowest BCUT2D eigenvalue weighted by molar-refractivity contribution is -0.119. The molecule has 1 atom stereocenters. The van der Waals surface area contributed by atoms with Crippen LogP contribution in [0.3, 0.4) is 0 Å². The summed E-state index contributed by atoms with van der Waals surface area (Å²) in [7, 11) is 0. The van der Waals surface area contributed by atoms with Crippen LogP contribution in [0.25, 0.3) is 0 Å². The SMILES string of the molecule is C[C@]1(CCOc2cccc(Br)c2)CC(Cl)=C(C#N)C(=O)N1. The quantitative estimate of drug-likeness (QED) is 0.883. The number of amides is 1. The Balaban J connectivity index is 1.96. The molecule has 0 bridgehead atoms. The van der Waals surface area contributed by atoms with Crippen molar-refractivity contribution in [2.75, 3.05) is 6.61 Å². The highest BCUT2D eigenvalue weighted by Gasteiger charge is 2.35. The zero-order valence-electron chi connectivity index (χ0n) is 11.5. The van der Waals surface area contributed by atoms with Gasteiger partial charge in [0.15, 0.2) is 0 Å². The summed E-state index contributed by atoms with van der Waals surface area (Å²) < 4.78 is 6.62. The van der Waals surface area contributed by atoms with Crippen LogP contribution in [0.1, 0.15) is 19.8 Å². The fourth-order valence-electron chi connectivity index (χ4n) is 2.15. The van der Waals surface area contributed by atoms with Crippen LogP contribution < -0.4 is 10.1 Å². The molecule has 0 aromatic heterocycles. The second-order valence-corrected chi connectivity index (χ2v) is 6.51. The van der Waals surface area contributed by atoms with Gasteiger partial charge in [-0.2, -0.15) is 5.26 Å². The summed E-state index contributed by atoms with van der Waals surface area (Å²) in [5, 5.41) is 12.0. The van der Waals surface area contributed by atoms with Gasteiger partial charge in [-0.25, -0.2) is 0 Å². The van der Waals surface area contributed by atoms with Crippen LogP contribution in [-0.2, 0) is 4.79 Å². The van der Waals surface area contributed by atoms with Crippen LogP contribution in [0.5, 0.6) is 5.75 Å². The Morgan fingerprint density at radius 2 is 2.33 bits per heavy atom. The van der Waals surface area contributed by atoms with E-state index in [1.807, 2.05) is 37.3 Å². The molecule has 6 heteroatoms. The molecular weight excluding hydrogens is 356 g/mol. The molecule has 1 heterocycles. The van der Waals surface area contributed by atoms with Crippen LogP contribution in [0.4, 0.5) is 0 Å². The number of hydrogen-bond donors (Lipinski definition) is 1. The first kappa shape index (κ1) is 15.9. The van der Waals surface area contributed by atoms with Gasteiger partial charge in [0.25, 0.3) is 5.91 Å². The third-order valence-corrected chi connectivity index (χ3v) is 4.11. The van der Waals surface area contributed by atoms with E-state index in [4.69, 9.17) is 21.6 Å². The molecule has 0 radical (unpaired) electrons. The highest BCUT2D eigenvalue weighted by atomic mass is 79.9. The van der Waals surface area contributed by atoms with E-state index in [0.717, 1.165) is 10.2 Å². The van der Waals surface area contributed by atoms with Crippen molar-refractivity contribution in [1.29, 1.82) is 5.26 Å². The van der Waals surface area contributed by atoms with Gasteiger partial charge in [0.2, 0.25) is 0 Å². The highest BCUT2D eigenvalue weighted by Crippen LogP contribution is 2.30. The molecule has 1 aliphatic heterocycles. The molecule has 0 saturated heterocycles. The largest absolute Gasteiger partial charge is 0.493 e. The Morgan fingerprint density at radius 3 is 2.95 bits per heavy atom. The molecule has 0 fully saturated rings. The summed E-state index contributed by atoms with van der Waals surface area (Å²) in [5.41, 5.74) is -0.498. The van der Waals surface area contributed by atoms with Crippen molar-refractivity contribution in [1.82, 2.24) is 5.32 Å². The molecule has 1 aromatic carbocycles. The van der Waals surface area contributed by atoms with Gasteiger partial charge in [-0.1, -0.05) is 33.6 Å². The normalized spacial score (nSPS) is 21.7. The van der Waals surface area contributed by atoms with Crippen molar-refractivity contribution in [3.63, 3.8) is 0 Å². The third-order valence-electron chi connectivity index (χ3n) is 3.29. The number of nitrogens with zero attached hydrogens (tertiary/aromatic N) is 1. The number of rotatable bonds is 4. The van der Waals surface area contributed by atoms with Gasteiger partial charge in [0, 0.05) is 27.9 Å². The second kappa shape index (κ2) is 6.50. The van der Waals surface area contributed by atoms with E-state index in [9.17, 15) is 4.79 Å². The van der Waals surface area contributed by atoms with Gasteiger partial charge in [0.05, 0.1) is 6.61 Å². The Hall–Kier alpha value is -1.51. The van der Waals surface area contributed by atoms with E-state index in [0.29, 0.717) is 24.5 Å². The van der Waals surface area contributed by atoms with E-state index >= 15 is 0 Å². The fourth-order valence-corrected chi connectivity index (χ4v) is 2.95. The highest BCUT2D eigenvalue weighted by molar-refractivity contribution is 9.10. The van der Waals surface area contributed by atoms with Gasteiger partial charge in [-0.3, -0.25) is 4.79 Å². The Labute approximate surface area is 136 Å². The second-order valence-electron chi connectivity index (χ2n) is 5.14. The standard InChI is InChI=1S/C15H14BrClN2O2/c1-15(8-13(17)12(9-18)14(20)19-15)5-6-21-11-4-2-3-10(16)7-11/h2-4,7H,5-6,8H2,1H3,(H,19,20)/t15-/m0/s1. The van der Waals surface area contributed by atoms with Crippen molar-refractivity contribution >= 4 is 33.4 Å². The molecule has 21 heavy (non-hydrogen) atoms. The third kappa shape index (κ3) is 3.99. The monoisotopic (exact) mass is 368 g/mol. The molecule has 1 aliphatic rings. The number of halogens is 2. The Bertz CT molecular complexity index is 639. The molecule has 110 valence electrons. The number of benzene rings is 1. The summed E-state index contributed by atoms with van der Waals surface area (Å²) in [5.74, 6) is 0.341. The summed E-state index contributed by atoms with van der Waals surface area (Å²) >= 11 is 9.41. The van der Waals surface area contributed by atoms with Gasteiger partial charge in [-0.15, -0.1) is 0 Å². The molecular formula is C15H14BrClN2O2. The van der Waals surface area contributed by atoms with E-state index in [1.165, 1.54) is 0 Å². The minimum absolute atomic E-state index is 0.00190. The zero-order valence-corrected chi connectivity index (χ0v) is 13.8. The van der Waals surface area contributed by atoms with E-state index < -0.39 is 11.4 Å². The number of nitrogens with one attached hydrogen (secondary N) is 1. The van der Waals surface area contributed by atoms with Crippen molar-refractivity contribution < 1.29 is 9.53 Å². The summed E-state index contributed by atoms with van der Waals surface area (Å²) in [6, 6.07) is 9.39. The summed E-state index contributed by atoms with van der Waals surface area (Å²) in [6.45, 7) is 2.34. The Morgan fingerprint density at radius 1 is 1.57 bits per heavy atom. The van der Waals surface area contributed by atoms with Gasteiger partial charge in [0.1, 0.15) is 17.4 Å². The van der Waals surface area contributed by atoms with Crippen LogP contribution in [0.2, 0.25) is 0 Å². The van der Waals surface area contributed by atoms with Crippen molar-refractivity contribution in [3.05, 3.63) is 39.3 Å². The molecule has 4 nitrogen and oxygen atoms in total. The lowest BCUT2D eigenvalue weighted by Crippen LogP contribution is -2.50. The van der Waals surface area contributed by atoms with Crippen LogP contribution in [0.15, 0.2) is 39.3 Å². The number of hydrogen-bond acceptors (Lipinski definition) is 3. The predicted molar refractivity (Wildman–Crippen MR) is 83.9 cm³/mol. The van der Waals surface area contributed by atoms with Gasteiger partial charge < -0.3 is 10.1 Å². The van der Waals surface area contributed by atoms with Crippen LogP contribution >= 0.6 is 27.5 Å². The maximum Gasteiger partial charge on any atom is 0.263 e. The zero-order chi connectivity index (χ0) is 15.5. The lowest BCUT2D eigenvalue weighted by Gasteiger charge is -2.34. The average Bonchev–Trinajstić information content (AvgIpc) is 2.38. The summed E-state index contributed by atoms with van der Waals surface area (Å²) in [4.78, 5) is 11.8. The topological polar surface area (TPSA) is 62.1 Å². The molecule has 1 aromatic rings. The number of ether oxygens (including phenoxy) is 1. The first-order chi connectivity index (χ1) is 9.93. The molecule has 0 unspecified atom stereocenters. The maximum atomic E-state index is 11.8. The molecule has 0 saturated carbocycles. The van der Waals surface area contributed by atoms with Crippen molar-refractivity contribution in [2.45, 2.75) is 25.3 Å². The van der Waals surface area contributed by atoms with Crippen LogP contribution in [0, 0.1) is 11.3 Å². The van der Waals surface area contributed by atoms with Crippen LogP contribution in [-0.4, -0.2) is 18.1 Å². The smallest absolute Gasteiger partial charge is 0.263 e. The minimum atomic E-state index is -0.499.